The molecule has 0 amide bonds. The molecule has 5 nitrogen and oxygen atoms in total. The first kappa shape index (κ1) is 21.7. The van der Waals surface area contributed by atoms with Crippen LogP contribution < -0.4 is 15.5 Å². The standard InChI is InChI=1S/C28H33N5/c1-33(2)27-25-12-5-6-13-26(25)31-28(32-27)30-23-16-14-20(15-17-23)18-29-19-22-10-7-9-21-8-3-4-11-24(21)22/h3-13,20,23,29H,14-19H2,1-2H3,(H,30,31,32)/t20-,23+. The summed E-state index contributed by atoms with van der Waals surface area (Å²) in [7, 11) is 4.07. The Hall–Kier alpha value is -3.18. The van der Waals surface area contributed by atoms with Crippen molar-refractivity contribution in [1.29, 1.82) is 0 Å². The Morgan fingerprint density at radius 2 is 1.55 bits per heavy atom. The molecule has 3 aromatic carbocycles. The van der Waals surface area contributed by atoms with E-state index in [0.717, 1.165) is 54.5 Å². The van der Waals surface area contributed by atoms with Crippen LogP contribution in [0.4, 0.5) is 11.8 Å². The third-order valence-corrected chi connectivity index (χ3v) is 6.82. The lowest BCUT2D eigenvalue weighted by atomic mass is 9.86. The van der Waals surface area contributed by atoms with E-state index in [2.05, 4.69) is 70.1 Å². The summed E-state index contributed by atoms with van der Waals surface area (Å²) in [5.41, 5.74) is 2.37. The fraction of sp³-hybridized carbons (Fsp3) is 0.357. The van der Waals surface area contributed by atoms with Crippen molar-refractivity contribution in [2.24, 2.45) is 5.92 Å². The van der Waals surface area contributed by atoms with Gasteiger partial charge in [0.25, 0.3) is 0 Å². The molecule has 5 rings (SSSR count). The van der Waals surface area contributed by atoms with Crippen molar-refractivity contribution in [2.45, 2.75) is 38.3 Å². The lowest BCUT2D eigenvalue weighted by Gasteiger charge is -2.29. The minimum absolute atomic E-state index is 0.440. The van der Waals surface area contributed by atoms with Gasteiger partial charge >= 0.3 is 0 Å². The Bertz CT molecular complexity index is 1220. The van der Waals surface area contributed by atoms with Crippen LogP contribution in [0.3, 0.4) is 0 Å². The van der Waals surface area contributed by atoms with Gasteiger partial charge in [-0.25, -0.2) is 4.98 Å². The predicted octanol–water partition coefficient (Wildman–Crippen LogP) is 5.61. The minimum Gasteiger partial charge on any atom is -0.362 e. The van der Waals surface area contributed by atoms with Gasteiger partial charge in [-0.2, -0.15) is 4.98 Å². The van der Waals surface area contributed by atoms with E-state index in [1.807, 2.05) is 26.2 Å². The maximum absolute atomic E-state index is 4.81. The van der Waals surface area contributed by atoms with Crippen LogP contribution in [0.25, 0.3) is 21.7 Å². The van der Waals surface area contributed by atoms with Gasteiger partial charge in [-0.3, -0.25) is 0 Å². The summed E-state index contributed by atoms with van der Waals surface area (Å²) in [6.07, 6.45) is 4.78. The topological polar surface area (TPSA) is 53.1 Å². The first-order valence-electron chi connectivity index (χ1n) is 12.1. The minimum atomic E-state index is 0.440. The molecule has 1 fully saturated rings. The Morgan fingerprint density at radius 1 is 0.818 bits per heavy atom. The maximum atomic E-state index is 4.81. The summed E-state index contributed by atoms with van der Waals surface area (Å²) in [5, 5.41) is 11.1. The van der Waals surface area contributed by atoms with Gasteiger partial charge < -0.3 is 15.5 Å². The molecule has 0 spiro atoms. The number of fused-ring (bicyclic) bond motifs is 2. The number of anilines is 2. The second-order valence-electron chi connectivity index (χ2n) is 9.41. The van der Waals surface area contributed by atoms with Crippen molar-refractivity contribution in [1.82, 2.24) is 15.3 Å². The van der Waals surface area contributed by atoms with Gasteiger partial charge in [-0.15, -0.1) is 0 Å². The number of nitrogens with zero attached hydrogens (tertiary/aromatic N) is 3. The maximum Gasteiger partial charge on any atom is 0.225 e. The average Bonchev–Trinajstić information content (AvgIpc) is 2.85. The summed E-state index contributed by atoms with van der Waals surface area (Å²) in [4.78, 5) is 11.7. The molecule has 4 aromatic rings. The number of rotatable bonds is 7. The fourth-order valence-electron chi connectivity index (χ4n) is 5.02. The Balaban J connectivity index is 1.15. The molecule has 0 unspecified atom stereocenters. The van der Waals surface area contributed by atoms with Crippen LogP contribution in [0, 0.1) is 5.92 Å². The molecule has 1 saturated carbocycles. The first-order chi connectivity index (χ1) is 16.2. The van der Waals surface area contributed by atoms with Crippen LogP contribution in [-0.2, 0) is 6.54 Å². The fourth-order valence-corrected chi connectivity index (χ4v) is 5.02. The molecule has 1 aliphatic carbocycles. The van der Waals surface area contributed by atoms with E-state index in [9.17, 15) is 0 Å². The van der Waals surface area contributed by atoms with E-state index in [0.29, 0.717) is 6.04 Å². The highest BCUT2D eigenvalue weighted by atomic mass is 15.2. The zero-order chi connectivity index (χ0) is 22.6. The summed E-state index contributed by atoms with van der Waals surface area (Å²) >= 11 is 0. The number of hydrogen-bond donors (Lipinski definition) is 2. The quantitative estimate of drug-likeness (QED) is 0.392. The number of hydrogen-bond acceptors (Lipinski definition) is 5. The summed E-state index contributed by atoms with van der Waals surface area (Å²) in [6, 6.07) is 23.9. The van der Waals surface area contributed by atoms with E-state index in [1.54, 1.807) is 0 Å². The molecule has 0 bridgehead atoms. The predicted molar refractivity (Wildman–Crippen MR) is 139 cm³/mol. The van der Waals surface area contributed by atoms with E-state index >= 15 is 0 Å². The molecule has 0 atom stereocenters. The Kier molecular flexibility index (Phi) is 6.40. The highest BCUT2D eigenvalue weighted by Crippen LogP contribution is 2.28. The Morgan fingerprint density at radius 3 is 2.36 bits per heavy atom. The van der Waals surface area contributed by atoms with Crippen LogP contribution in [0.15, 0.2) is 66.7 Å². The highest BCUT2D eigenvalue weighted by molar-refractivity contribution is 5.90. The average molecular weight is 440 g/mol. The van der Waals surface area contributed by atoms with Crippen molar-refractivity contribution >= 4 is 33.4 Å². The normalized spacial score (nSPS) is 18.5. The smallest absolute Gasteiger partial charge is 0.225 e. The molecule has 0 aliphatic heterocycles. The molecule has 0 radical (unpaired) electrons. The van der Waals surface area contributed by atoms with Crippen LogP contribution >= 0.6 is 0 Å². The molecule has 33 heavy (non-hydrogen) atoms. The number of aromatic nitrogens is 2. The van der Waals surface area contributed by atoms with Crippen LogP contribution in [0.2, 0.25) is 0 Å². The van der Waals surface area contributed by atoms with Crippen molar-refractivity contribution in [2.75, 3.05) is 30.9 Å². The largest absolute Gasteiger partial charge is 0.362 e. The van der Waals surface area contributed by atoms with E-state index < -0.39 is 0 Å². The molecular formula is C28H33N5. The molecule has 2 N–H and O–H groups in total. The lowest BCUT2D eigenvalue weighted by molar-refractivity contribution is 0.324. The zero-order valence-corrected chi connectivity index (χ0v) is 19.6. The molecule has 0 saturated heterocycles. The summed E-state index contributed by atoms with van der Waals surface area (Å²) in [5.74, 6) is 2.44. The molecule has 1 aromatic heterocycles. The number of nitrogens with one attached hydrogen (secondary N) is 2. The van der Waals surface area contributed by atoms with Crippen LogP contribution in [0.1, 0.15) is 31.2 Å². The monoisotopic (exact) mass is 439 g/mol. The van der Waals surface area contributed by atoms with Crippen molar-refractivity contribution in [3.63, 3.8) is 0 Å². The summed E-state index contributed by atoms with van der Waals surface area (Å²) in [6.45, 7) is 2.00. The molecule has 1 heterocycles. The zero-order valence-electron chi connectivity index (χ0n) is 19.6. The Labute approximate surface area is 196 Å². The molecule has 5 heteroatoms. The number of benzene rings is 3. The van der Waals surface area contributed by atoms with Gasteiger partial charge in [0.1, 0.15) is 5.82 Å². The number of para-hydroxylation sites is 1. The van der Waals surface area contributed by atoms with Gasteiger partial charge in [0.15, 0.2) is 0 Å². The van der Waals surface area contributed by atoms with Crippen LogP contribution in [0.5, 0.6) is 0 Å². The highest BCUT2D eigenvalue weighted by Gasteiger charge is 2.22. The van der Waals surface area contributed by atoms with Gasteiger partial charge in [0.05, 0.1) is 5.52 Å². The third kappa shape index (κ3) is 4.93. The van der Waals surface area contributed by atoms with Crippen molar-refractivity contribution < 1.29 is 0 Å². The lowest BCUT2D eigenvalue weighted by Crippen LogP contribution is -2.31. The first-order valence-corrected chi connectivity index (χ1v) is 12.1. The van der Waals surface area contributed by atoms with Gasteiger partial charge in [-0.1, -0.05) is 54.6 Å². The van der Waals surface area contributed by atoms with Gasteiger partial charge in [0, 0.05) is 32.1 Å². The third-order valence-electron chi connectivity index (χ3n) is 6.82. The van der Waals surface area contributed by atoms with Crippen LogP contribution in [-0.4, -0.2) is 36.6 Å². The molecular weight excluding hydrogens is 406 g/mol. The van der Waals surface area contributed by atoms with E-state index in [-0.39, 0.29) is 0 Å². The second kappa shape index (κ2) is 9.75. The van der Waals surface area contributed by atoms with E-state index in [1.165, 1.54) is 29.2 Å². The SMILES string of the molecule is CN(C)c1nc(N[C@H]2CC[C@@H](CNCc3cccc4ccccc34)CC2)nc2ccccc12. The van der Waals surface area contributed by atoms with Crippen molar-refractivity contribution in [3.05, 3.63) is 72.3 Å². The van der Waals surface area contributed by atoms with Crippen molar-refractivity contribution in [3.8, 4) is 0 Å². The molecule has 170 valence electrons. The second-order valence-corrected chi connectivity index (χ2v) is 9.41. The van der Waals surface area contributed by atoms with E-state index in [4.69, 9.17) is 9.97 Å². The summed E-state index contributed by atoms with van der Waals surface area (Å²) < 4.78 is 0. The van der Waals surface area contributed by atoms with Gasteiger partial charge in [-0.05, 0) is 66.6 Å². The van der Waals surface area contributed by atoms with Gasteiger partial charge in [0.2, 0.25) is 5.95 Å². The molecule has 1 aliphatic rings.